The zero-order valence-corrected chi connectivity index (χ0v) is 15.5. The first kappa shape index (κ1) is 21.5. The minimum Gasteiger partial charge on any atom is -0.480 e. The Bertz CT molecular complexity index is 496. The molecule has 0 aromatic heterocycles. The van der Waals surface area contributed by atoms with Gasteiger partial charge in [-0.05, 0) is 12.8 Å². The van der Waals surface area contributed by atoms with Crippen molar-refractivity contribution in [3.63, 3.8) is 0 Å². The van der Waals surface area contributed by atoms with Crippen molar-refractivity contribution in [2.45, 2.75) is 31.3 Å². The lowest BCUT2D eigenvalue weighted by atomic mass is 9.97. The van der Waals surface area contributed by atoms with Crippen molar-refractivity contribution in [1.29, 1.82) is 0 Å². The summed E-state index contributed by atoms with van der Waals surface area (Å²) in [5, 5.41) is 31.0. The SMILES string of the molecule is O=C(O)CN1CCN(CC(=O)O)CC2CCCC(CN(CC(=O)O)CC1)N2. The van der Waals surface area contributed by atoms with E-state index in [2.05, 4.69) is 5.32 Å². The Hall–Kier alpha value is -1.75. The van der Waals surface area contributed by atoms with Crippen LogP contribution in [-0.2, 0) is 14.4 Å². The minimum absolute atomic E-state index is 0.0745. The van der Waals surface area contributed by atoms with Gasteiger partial charge < -0.3 is 20.6 Å². The highest BCUT2D eigenvalue weighted by Gasteiger charge is 2.27. The van der Waals surface area contributed by atoms with E-state index in [1.165, 1.54) is 0 Å². The van der Waals surface area contributed by atoms with Crippen LogP contribution in [-0.4, -0.2) is 119 Å². The van der Waals surface area contributed by atoms with Crippen LogP contribution in [0.5, 0.6) is 0 Å². The van der Waals surface area contributed by atoms with E-state index < -0.39 is 17.9 Å². The summed E-state index contributed by atoms with van der Waals surface area (Å²) >= 11 is 0. The summed E-state index contributed by atoms with van der Waals surface area (Å²) < 4.78 is 0. The summed E-state index contributed by atoms with van der Waals surface area (Å²) in [6.45, 7) is 2.65. The molecule has 2 aliphatic rings. The van der Waals surface area contributed by atoms with Gasteiger partial charge in [0.1, 0.15) is 0 Å². The number of nitrogens with one attached hydrogen (secondary N) is 1. The summed E-state index contributed by atoms with van der Waals surface area (Å²) in [4.78, 5) is 39.0. The molecule has 2 rings (SSSR count). The van der Waals surface area contributed by atoms with Crippen LogP contribution in [0.4, 0.5) is 0 Å². The van der Waals surface area contributed by atoms with Gasteiger partial charge in [-0.15, -0.1) is 0 Å². The van der Waals surface area contributed by atoms with Crippen LogP contribution in [0.3, 0.4) is 0 Å². The molecule has 0 aromatic rings. The highest BCUT2D eigenvalue weighted by Crippen LogP contribution is 2.15. The Morgan fingerprint density at radius 2 is 1.07 bits per heavy atom. The Balaban J connectivity index is 2.11. The van der Waals surface area contributed by atoms with Gasteiger partial charge in [0.25, 0.3) is 0 Å². The molecule has 0 spiro atoms. The Labute approximate surface area is 158 Å². The first-order valence-electron chi connectivity index (χ1n) is 9.40. The smallest absolute Gasteiger partial charge is 0.317 e. The molecule has 2 unspecified atom stereocenters. The minimum atomic E-state index is -0.949. The maximum absolute atomic E-state index is 11.2. The van der Waals surface area contributed by atoms with Crippen LogP contribution in [0.2, 0.25) is 0 Å². The number of aliphatic carboxylic acids is 3. The first-order valence-corrected chi connectivity index (χ1v) is 9.40. The highest BCUT2D eigenvalue weighted by atomic mass is 16.4. The van der Waals surface area contributed by atoms with Gasteiger partial charge in [-0.3, -0.25) is 29.1 Å². The summed E-state index contributed by atoms with van der Waals surface area (Å²) in [5.41, 5.74) is 0. The molecule has 2 bridgehead atoms. The topological polar surface area (TPSA) is 134 Å². The van der Waals surface area contributed by atoms with Crippen LogP contribution in [0.1, 0.15) is 19.3 Å². The zero-order chi connectivity index (χ0) is 19.8. The molecule has 154 valence electrons. The second kappa shape index (κ2) is 10.5. The Morgan fingerprint density at radius 3 is 1.48 bits per heavy atom. The van der Waals surface area contributed by atoms with Crippen molar-refractivity contribution < 1.29 is 29.7 Å². The van der Waals surface area contributed by atoms with E-state index in [1.54, 1.807) is 4.90 Å². The summed E-state index contributed by atoms with van der Waals surface area (Å²) in [6, 6.07) is 0.309. The van der Waals surface area contributed by atoms with Crippen molar-refractivity contribution in [2.24, 2.45) is 0 Å². The average molecular weight is 386 g/mol. The van der Waals surface area contributed by atoms with Gasteiger partial charge in [0.05, 0.1) is 19.6 Å². The molecule has 0 saturated carbocycles. The lowest BCUT2D eigenvalue weighted by Crippen LogP contribution is -2.55. The van der Waals surface area contributed by atoms with Crippen molar-refractivity contribution in [1.82, 2.24) is 20.0 Å². The van der Waals surface area contributed by atoms with E-state index in [4.69, 9.17) is 5.11 Å². The third kappa shape index (κ3) is 8.21. The molecule has 10 heteroatoms. The van der Waals surface area contributed by atoms with Gasteiger partial charge in [0.2, 0.25) is 0 Å². The number of carbonyl (C=O) groups is 3. The molecule has 4 N–H and O–H groups in total. The quantitative estimate of drug-likeness (QED) is 0.435. The number of piperidine rings is 1. The third-order valence-corrected chi connectivity index (χ3v) is 5.08. The largest absolute Gasteiger partial charge is 0.480 e. The number of hydrogen-bond donors (Lipinski definition) is 4. The molecule has 2 fully saturated rings. The predicted molar refractivity (Wildman–Crippen MR) is 96.8 cm³/mol. The third-order valence-electron chi connectivity index (χ3n) is 5.08. The molecule has 10 nitrogen and oxygen atoms in total. The van der Waals surface area contributed by atoms with Crippen molar-refractivity contribution >= 4 is 17.9 Å². The van der Waals surface area contributed by atoms with Gasteiger partial charge in [-0.2, -0.15) is 0 Å². The summed E-state index contributed by atoms with van der Waals surface area (Å²) in [6.07, 6.45) is 2.92. The van der Waals surface area contributed by atoms with Crippen molar-refractivity contribution in [2.75, 3.05) is 58.9 Å². The standard InChI is InChI=1S/C17H30N4O6/c22-15(23)10-19-4-6-20(11-16(24)25)8-13-2-1-3-14(18-13)9-21(7-5-19)12-17(26)27/h13-14,18H,1-12H2,(H,22,23)(H,24,25)(H,26,27). The number of rotatable bonds is 6. The average Bonchev–Trinajstić information content (AvgIpc) is 2.55. The van der Waals surface area contributed by atoms with Crippen LogP contribution in [0, 0.1) is 0 Å². The molecule has 2 atom stereocenters. The van der Waals surface area contributed by atoms with Crippen LogP contribution >= 0.6 is 0 Å². The van der Waals surface area contributed by atoms with E-state index >= 15 is 0 Å². The predicted octanol–water partition coefficient (Wildman–Crippen LogP) is -1.33. The number of nitrogens with zero attached hydrogens (tertiary/aromatic N) is 3. The number of hydrogen-bond acceptors (Lipinski definition) is 7. The molecule has 0 aliphatic carbocycles. The number of carboxylic acids is 3. The first-order chi connectivity index (χ1) is 12.8. The van der Waals surface area contributed by atoms with E-state index in [1.807, 2.05) is 9.80 Å². The highest BCUT2D eigenvalue weighted by molar-refractivity contribution is 5.69. The maximum Gasteiger partial charge on any atom is 0.317 e. The monoisotopic (exact) mass is 386 g/mol. The fraction of sp³-hybridized carbons (Fsp3) is 0.824. The van der Waals surface area contributed by atoms with E-state index in [-0.39, 0.29) is 31.7 Å². The van der Waals surface area contributed by atoms with Crippen LogP contribution < -0.4 is 5.32 Å². The maximum atomic E-state index is 11.2. The Kier molecular flexibility index (Phi) is 8.42. The van der Waals surface area contributed by atoms with Crippen molar-refractivity contribution in [3.05, 3.63) is 0 Å². The Morgan fingerprint density at radius 1 is 0.704 bits per heavy atom. The molecule has 2 saturated heterocycles. The molecule has 27 heavy (non-hydrogen) atoms. The van der Waals surface area contributed by atoms with E-state index in [9.17, 15) is 24.6 Å². The second-order valence-electron chi connectivity index (χ2n) is 7.42. The number of fused-ring (bicyclic) bond motifs is 2. The molecule has 0 amide bonds. The van der Waals surface area contributed by atoms with E-state index in [0.29, 0.717) is 39.3 Å². The normalized spacial score (nSPS) is 26.7. The molecule has 2 heterocycles. The van der Waals surface area contributed by atoms with Gasteiger partial charge in [0, 0.05) is 51.4 Å². The zero-order valence-electron chi connectivity index (χ0n) is 15.5. The van der Waals surface area contributed by atoms with Gasteiger partial charge >= 0.3 is 17.9 Å². The summed E-state index contributed by atoms with van der Waals surface area (Å²) in [7, 11) is 0. The van der Waals surface area contributed by atoms with Crippen LogP contribution in [0.25, 0.3) is 0 Å². The van der Waals surface area contributed by atoms with Gasteiger partial charge in [0.15, 0.2) is 0 Å². The fourth-order valence-electron chi connectivity index (χ4n) is 3.90. The molecular formula is C17H30N4O6. The number of carboxylic acid groups (broad SMARTS) is 3. The second-order valence-corrected chi connectivity index (χ2v) is 7.42. The lowest BCUT2D eigenvalue weighted by molar-refractivity contribution is -0.140. The lowest BCUT2D eigenvalue weighted by Gasteiger charge is -2.38. The molecule has 0 aromatic carbocycles. The summed E-state index contributed by atoms with van der Waals surface area (Å²) in [5.74, 6) is -2.74. The van der Waals surface area contributed by atoms with Gasteiger partial charge in [-0.1, -0.05) is 6.42 Å². The molecular weight excluding hydrogens is 356 g/mol. The molecule has 0 radical (unpaired) electrons. The molecule has 2 aliphatic heterocycles. The van der Waals surface area contributed by atoms with Crippen LogP contribution in [0.15, 0.2) is 0 Å². The van der Waals surface area contributed by atoms with Crippen molar-refractivity contribution in [3.8, 4) is 0 Å². The van der Waals surface area contributed by atoms with E-state index in [0.717, 1.165) is 19.3 Å². The van der Waals surface area contributed by atoms with Gasteiger partial charge in [-0.25, -0.2) is 0 Å². The fourth-order valence-corrected chi connectivity index (χ4v) is 3.90.